The van der Waals surface area contributed by atoms with E-state index >= 15 is 0 Å². The summed E-state index contributed by atoms with van der Waals surface area (Å²) in [7, 11) is 0. The summed E-state index contributed by atoms with van der Waals surface area (Å²) in [5, 5.41) is 27.3. The van der Waals surface area contributed by atoms with E-state index in [1.807, 2.05) is 0 Å². The number of carbonyl (C=O) groups excluding carboxylic acids is 3. The van der Waals surface area contributed by atoms with Gasteiger partial charge in [-0.05, 0) is 50.9 Å². The number of rotatable bonds is 6. The largest absolute Gasteiger partial charge is 0.506 e. The first-order valence-corrected chi connectivity index (χ1v) is 11.5. The number of anilines is 1. The Hall–Kier alpha value is -2.99. The molecule has 0 spiro atoms. The van der Waals surface area contributed by atoms with Gasteiger partial charge in [-0.2, -0.15) is 0 Å². The van der Waals surface area contributed by atoms with E-state index in [1.165, 1.54) is 34.9 Å². The fourth-order valence-corrected chi connectivity index (χ4v) is 6.21. The van der Waals surface area contributed by atoms with Crippen LogP contribution in [0.3, 0.4) is 0 Å². The highest BCUT2D eigenvalue weighted by molar-refractivity contribution is 8.01. The molecule has 3 fully saturated rings. The van der Waals surface area contributed by atoms with Gasteiger partial charge in [0, 0.05) is 4.75 Å². The van der Waals surface area contributed by atoms with E-state index in [2.05, 4.69) is 16.0 Å². The molecule has 178 valence electrons. The molecular weight excluding hydrogens is 450 g/mol. The van der Waals surface area contributed by atoms with Crippen LogP contribution in [-0.2, 0) is 19.2 Å². The normalized spacial score (nSPS) is 28.5. The van der Waals surface area contributed by atoms with Gasteiger partial charge in [0.15, 0.2) is 0 Å². The first kappa shape index (κ1) is 23.2. The number of thioether (sulfide) groups is 1. The third-order valence-electron chi connectivity index (χ3n) is 6.28. The van der Waals surface area contributed by atoms with Crippen LogP contribution in [0, 0.1) is 0 Å². The van der Waals surface area contributed by atoms with Crippen LogP contribution in [0.5, 0.6) is 5.75 Å². The summed E-state index contributed by atoms with van der Waals surface area (Å²) in [6.45, 7) is 4.20. The molecule has 0 aliphatic carbocycles. The average Bonchev–Trinajstić information content (AvgIpc) is 3.37. The Morgan fingerprint density at radius 2 is 2.06 bits per heavy atom. The fourth-order valence-electron chi connectivity index (χ4n) is 4.59. The van der Waals surface area contributed by atoms with Crippen molar-refractivity contribution in [2.24, 2.45) is 0 Å². The van der Waals surface area contributed by atoms with Crippen LogP contribution in [-0.4, -0.2) is 73.6 Å². The number of carboxylic acids is 1. The molecule has 5 atom stereocenters. The zero-order valence-corrected chi connectivity index (χ0v) is 19.0. The third-order valence-corrected chi connectivity index (χ3v) is 7.85. The van der Waals surface area contributed by atoms with Crippen molar-refractivity contribution < 1.29 is 29.4 Å². The van der Waals surface area contributed by atoms with E-state index in [1.54, 1.807) is 13.8 Å². The monoisotopic (exact) mass is 477 g/mol. The van der Waals surface area contributed by atoms with Crippen LogP contribution >= 0.6 is 11.8 Å². The van der Waals surface area contributed by atoms with Crippen molar-refractivity contribution in [2.75, 3.05) is 12.3 Å². The molecule has 0 aromatic heterocycles. The molecule has 3 unspecified atom stereocenters. The lowest BCUT2D eigenvalue weighted by atomic mass is 9.95. The van der Waals surface area contributed by atoms with Crippen molar-refractivity contribution in [3.05, 3.63) is 23.8 Å². The summed E-state index contributed by atoms with van der Waals surface area (Å²) < 4.78 is -0.723. The molecule has 4 rings (SSSR count). The van der Waals surface area contributed by atoms with Gasteiger partial charge in [-0.25, -0.2) is 4.79 Å². The maximum absolute atomic E-state index is 13.3. The third kappa shape index (κ3) is 4.08. The van der Waals surface area contributed by atoms with E-state index in [-0.39, 0.29) is 17.3 Å². The lowest BCUT2D eigenvalue weighted by Crippen LogP contribution is -2.71. The van der Waals surface area contributed by atoms with Crippen LogP contribution in [0.4, 0.5) is 5.69 Å². The molecule has 0 saturated carbocycles. The van der Waals surface area contributed by atoms with Crippen molar-refractivity contribution in [2.45, 2.75) is 61.0 Å². The number of carbonyl (C=O) groups is 4. The summed E-state index contributed by atoms with van der Waals surface area (Å²) >= 11 is 1.31. The molecule has 3 aliphatic rings. The number of nitrogens with one attached hydrogen (secondary N) is 3. The van der Waals surface area contributed by atoms with Crippen LogP contribution < -0.4 is 21.7 Å². The number of amides is 3. The summed E-state index contributed by atoms with van der Waals surface area (Å²) in [4.78, 5) is 51.7. The molecular formula is C21H27N5O6S. The Balaban J connectivity index is 1.54. The standard InChI is InChI=1S/C21H27N5O6S/c1-21(2)15(20(31)32)26-18(30)14(19(26)33-21)25-17(29)13(9-5-6-12(27)10(22)8-9)24-16(28)11-4-3-7-23-11/h5-6,8,11,13-15,19,23,27H,3-4,7,22H2,1-2H3,(H,24,28)(H,25,29)(H,31,32)/t11?,13?,14?,15-,19+/m0/s1. The first-order valence-electron chi connectivity index (χ1n) is 10.7. The molecule has 3 aliphatic heterocycles. The number of fused-ring (bicyclic) bond motifs is 1. The molecule has 3 saturated heterocycles. The predicted molar refractivity (Wildman–Crippen MR) is 120 cm³/mol. The van der Waals surface area contributed by atoms with Crippen molar-refractivity contribution in [1.82, 2.24) is 20.9 Å². The summed E-state index contributed by atoms with van der Waals surface area (Å²) in [5.74, 6) is -2.71. The highest BCUT2D eigenvalue weighted by Crippen LogP contribution is 2.50. The van der Waals surface area contributed by atoms with Gasteiger partial charge in [-0.1, -0.05) is 6.07 Å². The molecule has 3 heterocycles. The number of β-lactam (4-membered cyclic amide) rings is 1. The van der Waals surface area contributed by atoms with Crippen molar-refractivity contribution >= 4 is 41.1 Å². The number of nitrogens with zero attached hydrogens (tertiary/aromatic N) is 1. The Kier molecular flexibility index (Phi) is 5.91. The van der Waals surface area contributed by atoms with Crippen molar-refractivity contribution in [1.29, 1.82) is 0 Å². The quantitative estimate of drug-likeness (QED) is 0.180. The van der Waals surface area contributed by atoms with E-state index < -0.39 is 52.1 Å². The number of aliphatic carboxylic acids is 1. The number of hydrogen-bond acceptors (Lipinski definition) is 8. The Morgan fingerprint density at radius 3 is 2.67 bits per heavy atom. The second-order valence-corrected chi connectivity index (χ2v) is 10.8. The topological polar surface area (TPSA) is 174 Å². The van der Waals surface area contributed by atoms with Crippen LogP contribution in [0.1, 0.15) is 38.3 Å². The molecule has 12 heteroatoms. The van der Waals surface area contributed by atoms with E-state index in [4.69, 9.17) is 5.73 Å². The zero-order chi connectivity index (χ0) is 24.1. The summed E-state index contributed by atoms with van der Waals surface area (Å²) in [5.41, 5.74) is 6.18. The van der Waals surface area contributed by atoms with Gasteiger partial charge in [-0.15, -0.1) is 11.8 Å². The minimum absolute atomic E-state index is 0.0434. The highest BCUT2D eigenvalue weighted by atomic mass is 32.2. The number of nitrogen functional groups attached to an aromatic ring is 1. The van der Waals surface area contributed by atoms with Crippen molar-refractivity contribution in [3.8, 4) is 5.75 Å². The van der Waals surface area contributed by atoms with E-state index in [0.717, 1.165) is 6.42 Å². The van der Waals surface area contributed by atoms with E-state index in [0.29, 0.717) is 18.5 Å². The van der Waals surface area contributed by atoms with Crippen molar-refractivity contribution in [3.63, 3.8) is 0 Å². The number of phenolic OH excluding ortho intramolecular Hbond substituents is 1. The van der Waals surface area contributed by atoms with Crippen LogP contribution in [0.2, 0.25) is 0 Å². The molecule has 0 radical (unpaired) electrons. The molecule has 0 bridgehead atoms. The molecule has 1 aromatic rings. The minimum Gasteiger partial charge on any atom is -0.506 e. The van der Waals surface area contributed by atoms with Gasteiger partial charge in [0.1, 0.15) is 29.2 Å². The van der Waals surface area contributed by atoms with E-state index in [9.17, 15) is 29.4 Å². The van der Waals surface area contributed by atoms with Gasteiger partial charge in [0.05, 0.1) is 11.7 Å². The Morgan fingerprint density at radius 1 is 1.33 bits per heavy atom. The van der Waals surface area contributed by atoms with Crippen LogP contribution in [0.25, 0.3) is 0 Å². The molecule has 3 amide bonds. The molecule has 7 N–H and O–H groups in total. The lowest BCUT2D eigenvalue weighted by Gasteiger charge is -2.44. The van der Waals surface area contributed by atoms with Gasteiger partial charge in [0.2, 0.25) is 17.7 Å². The Bertz CT molecular complexity index is 1010. The second kappa shape index (κ2) is 8.41. The van der Waals surface area contributed by atoms with Gasteiger partial charge in [0.25, 0.3) is 0 Å². The first-order chi connectivity index (χ1) is 15.5. The minimum atomic E-state index is -1.15. The number of nitrogens with two attached hydrogens (primary N) is 1. The number of phenols is 1. The number of benzene rings is 1. The summed E-state index contributed by atoms with van der Waals surface area (Å²) in [6, 6.07) is 0.704. The number of carboxylic acid groups (broad SMARTS) is 1. The average molecular weight is 478 g/mol. The lowest BCUT2D eigenvalue weighted by molar-refractivity contribution is -0.161. The maximum Gasteiger partial charge on any atom is 0.327 e. The second-order valence-electron chi connectivity index (χ2n) is 8.99. The number of aromatic hydroxyl groups is 1. The SMILES string of the molecule is CC1(C)S[C@@H]2C(NC(=O)C(NC(=O)C3CCCN3)c3ccc(O)c(N)c3)C(=O)N2[C@H]1C(=O)O. The molecule has 1 aromatic carbocycles. The maximum atomic E-state index is 13.3. The summed E-state index contributed by atoms with van der Waals surface area (Å²) in [6.07, 6.45) is 1.48. The molecule has 11 nitrogen and oxygen atoms in total. The smallest absolute Gasteiger partial charge is 0.327 e. The number of hydrogen-bond donors (Lipinski definition) is 6. The van der Waals surface area contributed by atoms with Gasteiger partial charge >= 0.3 is 5.97 Å². The Labute approximate surface area is 194 Å². The molecule has 33 heavy (non-hydrogen) atoms. The van der Waals surface area contributed by atoms with Gasteiger partial charge < -0.3 is 36.8 Å². The predicted octanol–water partition coefficient (Wildman–Crippen LogP) is -0.485. The fraction of sp³-hybridized carbons (Fsp3) is 0.524. The van der Waals surface area contributed by atoms with Crippen LogP contribution in [0.15, 0.2) is 18.2 Å². The highest BCUT2D eigenvalue weighted by Gasteiger charge is 2.64. The zero-order valence-electron chi connectivity index (χ0n) is 18.2. The van der Waals surface area contributed by atoms with Gasteiger partial charge in [-0.3, -0.25) is 14.4 Å².